The second-order valence-electron chi connectivity index (χ2n) is 13.3. The SMILES string of the molecule is COc1ccc([Si](C)(C)[C@H]2[C@H](CCO)O[C@@]3(C(=O)N(c4ccccc4)c4ccc(NC(=O)[C@H]5O[C@@H](O)[C@H](O)[C@@H](O)[C@@H]5O)cc43)[C@@H]2C)cc1. The van der Waals surface area contributed by atoms with E-state index in [9.17, 15) is 35.1 Å². The van der Waals surface area contributed by atoms with E-state index in [1.54, 1.807) is 30.2 Å². The number of para-hydroxylation sites is 1. The molecule has 3 aliphatic heterocycles. The van der Waals surface area contributed by atoms with Gasteiger partial charge in [-0.2, -0.15) is 0 Å². The van der Waals surface area contributed by atoms with Gasteiger partial charge in [-0.15, -0.1) is 0 Å². The Morgan fingerprint density at radius 1 is 0.979 bits per heavy atom. The van der Waals surface area contributed by atoms with Crippen LogP contribution in [0.2, 0.25) is 18.6 Å². The molecule has 6 N–H and O–H groups in total. The van der Waals surface area contributed by atoms with Crippen molar-refractivity contribution < 1.29 is 49.3 Å². The fourth-order valence-electron chi connectivity index (χ4n) is 7.84. The summed E-state index contributed by atoms with van der Waals surface area (Å²) >= 11 is 0. The van der Waals surface area contributed by atoms with Crippen molar-refractivity contribution in [2.24, 2.45) is 5.92 Å². The standard InChI is InChI=1S/C35H42N2O10Si/c1-19-31(48(3,4)23-13-11-22(45-2)12-14-23)26(16-17-38)47-35(19)24-18-20(36-32(42)30-28(40)27(39)29(41)33(43)46-30)10-15-25(24)37(34(35)44)21-8-6-5-7-9-21/h5-15,18-19,26-31,33,38-41,43H,16-17H2,1-4H3,(H,36,42)/t19-,26+,27+,28+,29-,30+,31-,33-,35+/m1/s1. The third kappa shape index (κ3) is 5.44. The molecule has 48 heavy (non-hydrogen) atoms. The number of fused-ring (bicyclic) bond motifs is 2. The summed E-state index contributed by atoms with van der Waals surface area (Å²) in [6, 6.07) is 22.2. The molecule has 2 saturated heterocycles. The maximum atomic E-state index is 14.9. The van der Waals surface area contributed by atoms with E-state index in [1.807, 2.05) is 49.4 Å². The van der Waals surface area contributed by atoms with Crippen molar-refractivity contribution in [3.8, 4) is 5.75 Å². The molecule has 6 rings (SSSR count). The van der Waals surface area contributed by atoms with Crippen LogP contribution in [0.15, 0.2) is 72.8 Å². The summed E-state index contributed by atoms with van der Waals surface area (Å²) in [7, 11) is -0.808. The number of benzene rings is 3. The Morgan fingerprint density at radius 2 is 1.67 bits per heavy atom. The molecule has 0 saturated carbocycles. The molecule has 9 atom stereocenters. The predicted octanol–water partition coefficient (Wildman–Crippen LogP) is 1.71. The van der Waals surface area contributed by atoms with Crippen LogP contribution in [0.4, 0.5) is 17.1 Å². The molecule has 0 bridgehead atoms. The Bertz CT molecular complexity index is 1660. The Kier molecular flexibility index (Phi) is 9.26. The number of aliphatic hydroxyl groups is 5. The average Bonchev–Trinajstić information content (AvgIpc) is 3.52. The summed E-state index contributed by atoms with van der Waals surface area (Å²) in [4.78, 5) is 29.8. The van der Waals surface area contributed by atoms with Gasteiger partial charge in [0.1, 0.15) is 24.1 Å². The molecule has 3 aromatic carbocycles. The van der Waals surface area contributed by atoms with Crippen molar-refractivity contribution in [2.75, 3.05) is 23.9 Å². The molecule has 0 aliphatic carbocycles. The maximum absolute atomic E-state index is 14.9. The third-order valence-corrected chi connectivity index (χ3v) is 14.6. The van der Waals surface area contributed by atoms with E-state index in [0.717, 1.165) is 10.9 Å². The van der Waals surface area contributed by atoms with E-state index in [2.05, 4.69) is 30.5 Å². The normalized spacial score (nSPS) is 31.6. The molecule has 3 aliphatic rings. The molecular formula is C35H42N2O10Si. The second-order valence-corrected chi connectivity index (χ2v) is 18.0. The van der Waals surface area contributed by atoms with E-state index in [4.69, 9.17) is 14.2 Å². The van der Waals surface area contributed by atoms with Crippen molar-refractivity contribution >= 4 is 42.1 Å². The van der Waals surface area contributed by atoms with Gasteiger partial charge in [0, 0.05) is 29.5 Å². The minimum Gasteiger partial charge on any atom is -0.497 e. The molecule has 3 aromatic rings. The number of hydrogen-bond donors (Lipinski definition) is 6. The number of aliphatic hydroxyl groups excluding tert-OH is 5. The van der Waals surface area contributed by atoms with E-state index in [1.165, 1.54) is 0 Å². The van der Waals surface area contributed by atoms with Gasteiger partial charge in [-0.3, -0.25) is 14.5 Å². The molecule has 1 spiro atoms. The van der Waals surface area contributed by atoms with Gasteiger partial charge in [0.15, 0.2) is 18.0 Å². The number of nitrogens with zero attached hydrogens (tertiary/aromatic N) is 1. The number of amides is 2. The van der Waals surface area contributed by atoms with Gasteiger partial charge < -0.3 is 45.1 Å². The third-order valence-electron chi connectivity index (χ3n) is 10.3. The first-order valence-corrected chi connectivity index (χ1v) is 19.1. The number of anilines is 3. The van der Waals surface area contributed by atoms with Gasteiger partial charge in [0.2, 0.25) is 0 Å². The lowest BCUT2D eigenvalue weighted by Crippen LogP contribution is -2.60. The van der Waals surface area contributed by atoms with E-state index in [-0.39, 0.29) is 29.7 Å². The van der Waals surface area contributed by atoms with Crippen LogP contribution in [-0.2, 0) is 24.7 Å². The lowest BCUT2D eigenvalue weighted by Gasteiger charge is -2.37. The first-order valence-electron chi connectivity index (χ1n) is 16.0. The molecular weight excluding hydrogens is 636 g/mol. The van der Waals surface area contributed by atoms with E-state index in [0.29, 0.717) is 23.4 Å². The number of carbonyl (C=O) groups excluding carboxylic acids is 2. The minimum atomic E-state index is -2.42. The lowest BCUT2D eigenvalue weighted by atomic mass is 9.82. The summed E-state index contributed by atoms with van der Waals surface area (Å²) < 4.78 is 17.5. The van der Waals surface area contributed by atoms with E-state index < -0.39 is 56.4 Å². The number of hydrogen-bond acceptors (Lipinski definition) is 10. The minimum absolute atomic E-state index is 0.107. The first-order chi connectivity index (χ1) is 22.9. The van der Waals surface area contributed by atoms with Gasteiger partial charge in [0.25, 0.3) is 11.8 Å². The smallest absolute Gasteiger partial charge is 0.268 e. The Labute approximate surface area is 279 Å². The quantitative estimate of drug-likeness (QED) is 0.192. The van der Waals surface area contributed by atoms with Gasteiger partial charge in [-0.05, 0) is 54.4 Å². The van der Waals surface area contributed by atoms with Crippen LogP contribution in [0, 0.1) is 5.92 Å². The molecule has 0 unspecified atom stereocenters. The van der Waals surface area contributed by atoms with Crippen LogP contribution in [0.25, 0.3) is 0 Å². The summed E-state index contributed by atoms with van der Waals surface area (Å²) in [5.41, 5.74) is 0.436. The summed E-state index contributed by atoms with van der Waals surface area (Å²) in [5, 5.41) is 54.4. The van der Waals surface area contributed by atoms with Crippen LogP contribution in [0.3, 0.4) is 0 Å². The molecule has 3 heterocycles. The average molecular weight is 679 g/mol. The van der Waals surface area contributed by atoms with Gasteiger partial charge in [-0.1, -0.05) is 55.5 Å². The highest BCUT2D eigenvalue weighted by Gasteiger charge is 2.66. The molecule has 256 valence electrons. The van der Waals surface area contributed by atoms with Crippen molar-refractivity contribution in [1.29, 1.82) is 0 Å². The van der Waals surface area contributed by atoms with Gasteiger partial charge in [-0.25, -0.2) is 0 Å². The topological polar surface area (TPSA) is 178 Å². The largest absolute Gasteiger partial charge is 0.497 e. The van der Waals surface area contributed by atoms with Gasteiger partial charge in [0.05, 0.1) is 27.0 Å². The summed E-state index contributed by atoms with van der Waals surface area (Å²) in [5.74, 6) is -0.771. The van der Waals surface area contributed by atoms with Gasteiger partial charge >= 0.3 is 0 Å². The van der Waals surface area contributed by atoms with Crippen LogP contribution >= 0.6 is 0 Å². The van der Waals surface area contributed by atoms with Crippen molar-refractivity contribution in [1.82, 2.24) is 0 Å². The zero-order chi connectivity index (χ0) is 34.5. The fraction of sp³-hybridized carbons (Fsp3) is 0.429. The number of ether oxygens (including phenoxy) is 3. The van der Waals surface area contributed by atoms with Crippen molar-refractivity contribution in [3.05, 3.63) is 78.4 Å². The molecule has 0 aromatic heterocycles. The monoisotopic (exact) mass is 678 g/mol. The fourth-order valence-corrected chi connectivity index (χ4v) is 11.9. The highest BCUT2D eigenvalue weighted by molar-refractivity contribution is 6.91. The lowest BCUT2D eigenvalue weighted by molar-refractivity contribution is -0.274. The number of rotatable bonds is 8. The Hall–Kier alpha value is -3.66. The van der Waals surface area contributed by atoms with Crippen LogP contribution in [0.5, 0.6) is 5.75 Å². The van der Waals surface area contributed by atoms with Crippen LogP contribution in [-0.4, -0.2) is 95.9 Å². The number of carbonyl (C=O) groups is 2. The predicted molar refractivity (Wildman–Crippen MR) is 179 cm³/mol. The Morgan fingerprint density at radius 3 is 2.31 bits per heavy atom. The maximum Gasteiger partial charge on any atom is 0.268 e. The highest BCUT2D eigenvalue weighted by atomic mass is 28.3. The summed E-state index contributed by atoms with van der Waals surface area (Å²) in [6.45, 7) is 6.36. The number of nitrogens with one attached hydrogen (secondary N) is 1. The van der Waals surface area contributed by atoms with Crippen LogP contribution < -0.4 is 20.1 Å². The second kappa shape index (κ2) is 13.0. The van der Waals surface area contributed by atoms with Crippen molar-refractivity contribution in [2.45, 2.75) is 74.4 Å². The van der Waals surface area contributed by atoms with E-state index >= 15 is 0 Å². The van der Waals surface area contributed by atoms with Crippen LogP contribution in [0.1, 0.15) is 18.9 Å². The highest BCUT2D eigenvalue weighted by Crippen LogP contribution is 2.61. The zero-order valence-corrected chi connectivity index (χ0v) is 28.2. The molecule has 2 fully saturated rings. The zero-order valence-electron chi connectivity index (χ0n) is 27.2. The molecule has 13 heteroatoms. The molecule has 2 amide bonds. The summed E-state index contributed by atoms with van der Waals surface area (Å²) in [6.07, 6.45) is -9.10. The first kappa shape index (κ1) is 34.2. The Balaban J connectivity index is 1.43. The molecule has 12 nitrogen and oxygen atoms in total. The van der Waals surface area contributed by atoms with Crippen molar-refractivity contribution in [3.63, 3.8) is 0 Å². The number of methoxy groups -OCH3 is 1. The molecule has 0 radical (unpaired) electrons.